The van der Waals surface area contributed by atoms with Crippen LogP contribution in [0.3, 0.4) is 0 Å². The molecule has 2 aliphatic heterocycles. The standard InChI is InChI=1S/C17H19NO2/c1-3-11-18-15-10-5-4-9-14(15)17(16(18)19)13(2)8-6-7-12-20-17/h3-6,8-10,13H,1,7,11-12H2,2H3/t13-,17-/m1/s1. The maximum atomic E-state index is 13.0. The Balaban J connectivity index is 2.18. The number of fused-ring (bicyclic) bond motifs is 2. The second kappa shape index (κ2) is 4.91. The fourth-order valence-corrected chi connectivity index (χ4v) is 3.19. The molecule has 3 rings (SSSR count). The molecule has 2 atom stereocenters. The molecule has 1 aromatic carbocycles. The van der Waals surface area contributed by atoms with E-state index >= 15 is 0 Å². The monoisotopic (exact) mass is 269 g/mol. The van der Waals surface area contributed by atoms with Gasteiger partial charge >= 0.3 is 0 Å². The predicted molar refractivity (Wildman–Crippen MR) is 79.5 cm³/mol. The maximum Gasteiger partial charge on any atom is 0.264 e. The van der Waals surface area contributed by atoms with Gasteiger partial charge in [-0.3, -0.25) is 4.79 Å². The van der Waals surface area contributed by atoms with E-state index in [0.717, 1.165) is 17.7 Å². The van der Waals surface area contributed by atoms with Crippen LogP contribution in [0, 0.1) is 5.92 Å². The minimum absolute atomic E-state index is 0.0217. The first kappa shape index (κ1) is 13.1. The van der Waals surface area contributed by atoms with E-state index in [9.17, 15) is 4.79 Å². The molecule has 1 amide bonds. The molecule has 0 fully saturated rings. The summed E-state index contributed by atoms with van der Waals surface area (Å²) in [7, 11) is 0. The number of hydrogen-bond donors (Lipinski definition) is 0. The molecule has 0 aliphatic carbocycles. The van der Waals surface area contributed by atoms with E-state index in [1.807, 2.05) is 31.2 Å². The van der Waals surface area contributed by atoms with Gasteiger partial charge in [0.05, 0.1) is 12.3 Å². The number of para-hydroxylation sites is 1. The van der Waals surface area contributed by atoms with Crippen LogP contribution in [0.15, 0.2) is 49.1 Å². The molecule has 0 radical (unpaired) electrons. The fourth-order valence-electron chi connectivity index (χ4n) is 3.19. The van der Waals surface area contributed by atoms with Crippen molar-refractivity contribution in [2.45, 2.75) is 18.9 Å². The van der Waals surface area contributed by atoms with E-state index < -0.39 is 5.60 Å². The Morgan fingerprint density at radius 2 is 2.30 bits per heavy atom. The second-order valence-electron chi connectivity index (χ2n) is 5.31. The number of rotatable bonds is 2. The molecule has 0 N–H and O–H groups in total. The van der Waals surface area contributed by atoms with Crippen LogP contribution in [0.2, 0.25) is 0 Å². The van der Waals surface area contributed by atoms with Gasteiger partial charge in [-0.1, -0.05) is 43.4 Å². The Hall–Kier alpha value is -1.87. The Kier molecular flexibility index (Phi) is 3.22. The lowest BCUT2D eigenvalue weighted by Crippen LogP contribution is -2.46. The van der Waals surface area contributed by atoms with Gasteiger partial charge in [-0.2, -0.15) is 0 Å². The highest BCUT2D eigenvalue weighted by Gasteiger charge is 2.54. The minimum Gasteiger partial charge on any atom is -0.359 e. The molecule has 2 heterocycles. The van der Waals surface area contributed by atoms with Crippen molar-refractivity contribution in [3.8, 4) is 0 Å². The van der Waals surface area contributed by atoms with Gasteiger partial charge in [0.15, 0.2) is 5.60 Å². The molecule has 0 bridgehead atoms. The average molecular weight is 269 g/mol. The van der Waals surface area contributed by atoms with E-state index in [1.165, 1.54) is 0 Å². The highest BCUT2D eigenvalue weighted by atomic mass is 16.5. The predicted octanol–water partition coefficient (Wildman–Crippen LogP) is 3.03. The van der Waals surface area contributed by atoms with Crippen molar-refractivity contribution in [1.29, 1.82) is 0 Å². The quantitative estimate of drug-likeness (QED) is 0.772. The first-order valence-corrected chi connectivity index (χ1v) is 7.05. The number of carbonyl (C=O) groups excluding carboxylic acids is 1. The zero-order valence-electron chi connectivity index (χ0n) is 11.7. The second-order valence-corrected chi connectivity index (χ2v) is 5.31. The molecule has 0 saturated heterocycles. The first-order valence-electron chi connectivity index (χ1n) is 7.05. The number of anilines is 1. The van der Waals surface area contributed by atoms with Gasteiger partial charge in [0, 0.05) is 18.0 Å². The highest BCUT2D eigenvalue weighted by molar-refractivity contribution is 6.07. The molecule has 1 aromatic rings. The number of amides is 1. The summed E-state index contributed by atoms with van der Waals surface area (Å²) in [6.07, 6.45) is 6.80. The lowest BCUT2D eigenvalue weighted by atomic mass is 9.83. The Morgan fingerprint density at radius 1 is 1.50 bits per heavy atom. The summed E-state index contributed by atoms with van der Waals surface area (Å²) in [5.41, 5.74) is 1.05. The van der Waals surface area contributed by atoms with Gasteiger partial charge in [-0.25, -0.2) is 0 Å². The zero-order chi connectivity index (χ0) is 14.2. The highest BCUT2D eigenvalue weighted by Crippen LogP contribution is 2.48. The van der Waals surface area contributed by atoms with Gasteiger partial charge in [-0.05, 0) is 12.5 Å². The normalized spacial score (nSPS) is 28.6. The van der Waals surface area contributed by atoms with Gasteiger partial charge in [0.25, 0.3) is 5.91 Å². The van der Waals surface area contributed by atoms with E-state index in [0.29, 0.717) is 13.2 Å². The van der Waals surface area contributed by atoms with E-state index in [1.54, 1.807) is 11.0 Å². The topological polar surface area (TPSA) is 29.5 Å². The summed E-state index contributed by atoms with van der Waals surface area (Å²) < 4.78 is 6.09. The molecule has 104 valence electrons. The molecule has 2 aliphatic rings. The van der Waals surface area contributed by atoms with Crippen LogP contribution < -0.4 is 4.90 Å². The number of hydrogen-bond acceptors (Lipinski definition) is 2. The van der Waals surface area contributed by atoms with Crippen LogP contribution in [0.1, 0.15) is 18.9 Å². The molecule has 0 saturated carbocycles. The Morgan fingerprint density at radius 3 is 3.10 bits per heavy atom. The van der Waals surface area contributed by atoms with Crippen LogP contribution in [0.5, 0.6) is 0 Å². The van der Waals surface area contributed by atoms with Gasteiger partial charge in [0.1, 0.15) is 0 Å². The largest absolute Gasteiger partial charge is 0.359 e. The van der Waals surface area contributed by atoms with E-state index in [2.05, 4.69) is 18.7 Å². The summed E-state index contributed by atoms with van der Waals surface area (Å²) in [6, 6.07) is 7.91. The molecule has 3 heteroatoms. The first-order chi connectivity index (χ1) is 9.71. The van der Waals surface area contributed by atoms with Crippen molar-refractivity contribution < 1.29 is 9.53 Å². The molecule has 1 spiro atoms. The van der Waals surface area contributed by atoms with E-state index in [4.69, 9.17) is 4.74 Å². The van der Waals surface area contributed by atoms with Crippen LogP contribution in [-0.2, 0) is 15.1 Å². The van der Waals surface area contributed by atoms with Crippen molar-refractivity contribution in [2.75, 3.05) is 18.1 Å². The van der Waals surface area contributed by atoms with Crippen LogP contribution in [-0.4, -0.2) is 19.1 Å². The maximum absolute atomic E-state index is 13.0. The third kappa shape index (κ3) is 1.66. The van der Waals surface area contributed by atoms with Crippen molar-refractivity contribution in [1.82, 2.24) is 0 Å². The summed E-state index contributed by atoms with van der Waals surface area (Å²) in [6.45, 7) is 6.89. The van der Waals surface area contributed by atoms with Crippen molar-refractivity contribution >= 4 is 11.6 Å². The average Bonchev–Trinajstić information content (AvgIpc) is 2.60. The molecule has 0 aromatic heterocycles. The molecule has 3 nitrogen and oxygen atoms in total. The van der Waals surface area contributed by atoms with Crippen molar-refractivity contribution in [3.05, 3.63) is 54.6 Å². The summed E-state index contributed by atoms with van der Waals surface area (Å²) in [4.78, 5) is 14.8. The third-order valence-corrected chi connectivity index (χ3v) is 4.15. The summed E-state index contributed by atoms with van der Waals surface area (Å²) in [5.74, 6) is 0.0473. The zero-order valence-corrected chi connectivity index (χ0v) is 11.7. The summed E-state index contributed by atoms with van der Waals surface area (Å²) in [5, 5.41) is 0. The number of ether oxygens (including phenoxy) is 1. The van der Waals surface area contributed by atoms with Crippen molar-refractivity contribution in [3.63, 3.8) is 0 Å². The van der Waals surface area contributed by atoms with Crippen LogP contribution in [0.4, 0.5) is 5.69 Å². The minimum atomic E-state index is -0.868. The lowest BCUT2D eigenvalue weighted by molar-refractivity contribution is -0.148. The van der Waals surface area contributed by atoms with Crippen LogP contribution >= 0.6 is 0 Å². The molecule has 20 heavy (non-hydrogen) atoms. The SMILES string of the molecule is C=CCN1C(=O)[C@]2(OCCC=C[C@H]2C)c2ccccc21. The summed E-state index contributed by atoms with van der Waals surface area (Å²) >= 11 is 0. The third-order valence-electron chi connectivity index (χ3n) is 4.15. The Bertz CT molecular complexity index is 578. The number of nitrogens with zero attached hydrogens (tertiary/aromatic N) is 1. The lowest BCUT2D eigenvalue weighted by Gasteiger charge is -2.32. The van der Waals surface area contributed by atoms with Crippen LogP contribution in [0.25, 0.3) is 0 Å². The van der Waals surface area contributed by atoms with E-state index in [-0.39, 0.29) is 11.8 Å². The molecule has 0 unspecified atom stereocenters. The number of benzene rings is 1. The van der Waals surface area contributed by atoms with Gasteiger partial charge < -0.3 is 9.64 Å². The molecular weight excluding hydrogens is 250 g/mol. The van der Waals surface area contributed by atoms with Gasteiger partial charge in [0.2, 0.25) is 0 Å². The van der Waals surface area contributed by atoms with Gasteiger partial charge in [-0.15, -0.1) is 6.58 Å². The molecular formula is C17H19NO2. The van der Waals surface area contributed by atoms with Crippen molar-refractivity contribution in [2.24, 2.45) is 5.92 Å². The Labute approximate surface area is 119 Å². The fraction of sp³-hybridized carbons (Fsp3) is 0.353. The number of carbonyl (C=O) groups is 1. The smallest absolute Gasteiger partial charge is 0.264 e.